The molecule has 0 aliphatic carbocycles. The Balaban J connectivity index is 0. The summed E-state index contributed by atoms with van der Waals surface area (Å²) in [5.41, 5.74) is 4.78. The van der Waals surface area contributed by atoms with Crippen molar-refractivity contribution in [3.8, 4) is 0 Å². The first-order valence-electron chi connectivity index (χ1n) is 14.9. The highest BCUT2D eigenvalue weighted by Gasteiger charge is 2.11. The summed E-state index contributed by atoms with van der Waals surface area (Å²) in [6.45, 7) is 5.47. The predicted octanol–water partition coefficient (Wildman–Crippen LogP) is 7.82. The molecule has 0 aromatic carbocycles. The van der Waals surface area contributed by atoms with Gasteiger partial charge in [-0.05, 0) is 12.8 Å². The number of rotatable bonds is 27. The lowest BCUT2D eigenvalue weighted by Gasteiger charge is -2.06. The van der Waals surface area contributed by atoms with Gasteiger partial charge in [-0.3, -0.25) is 0 Å². The van der Waals surface area contributed by atoms with Crippen LogP contribution in [0.15, 0.2) is 0 Å². The van der Waals surface area contributed by atoms with Crippen LogP contribution in [-0.4, -0.2) is 39.9 Å². The molecule has 0 unspecified atom stereocenters. The average molecular weight is 524 g/mol. The molecule has 0 aliphatic heterocycles. The van der Waals surface area contributed by atoms with Crippen molar-refractivity contribution >= 4 is 10.4 Å². The van der Waals surface area contributed by atoms with E-state index in [1.54, 1.807) is 0 Å². The summed E-state index contributed by atoms with van der Waals surface area (Å²) in [5.74, 6) is 0. The van der Waals surface area contributed by atoms with Crippen LogP contribution in [0.1, 0.15) is 155 Å². The Bertz CT molecular complexity index is 438. The number of hydrogen-bond acceptors (Lipinski definition) is 6. The minimum Gasteiger partial charge on any atom is -0.395 e. The topological polar surface area (TPSA) is 98.9 Å². The Morgan fingerprint density at radius 3 is 0.971 bits per heavy atom. The second kappa shape index (κ2) is 31.8. The average Bonchev–Trinajstić information content (AvgIpc) is 2.85. The van der Waals surface area contributed by atoms with Crippen molar-refractivity contribution in [3.63, 3.8) is 0 Å². The highest BCUT2D eigenvalue weighted by atomic mass is 32.3. The summed E-state index contributed by atoms with van der Waals surface area (Å²) >= 11 is 0. The van der Waals surface area contributed by atoms with Gasteiger partial charge in [-0.15, -0.1) is 0 Å². The van der Waals surface area contributed by atoms with Gasteiger partial charge in [-0.1, -0.05) is 142 Å². The molecule has 0 spiro atoms. The third kappa shape index (κ3) is 36.0. The van der Waals surface area contributed by atoms with E-state index < -0.39 is 10.4 Å². The second-order valence-corrected chi connectivity index (χ2v) is 10.9. The van der Waals surface area contributed by atoms with E-state index in [2.05, 4.69) is 13.8 Å². The van der Waals surface area contributed by atoms with Gasteiger partial charge in [0.25, 0.3) is 0 Å². The molecule has 0 heterocycles. The van der Waals surface area contributed by atoms with E-state index in [9.17, 15) is 8.42 Å². The summed E-state index contributed by atoms with van der Waals surface area (Å²) in [6, 6.07) is 0. The van der Waals surface area contributed by atoms with Crippen molar-refractivity contribution in [2.24, 2.45) is 5.73 Å². The SMILES string of the molecule is CCCCCCCCCCCCCOS(=O)(=O)OCCCCCCCCCCCCC.NCCO. The number of unbranched alkanes of at least 4 members (excludes halogenated alkanes) is 20. The molecular formula is C28H61NO5S. The van der Waals surface area contributed by atoms with Gasteiger partial charge in [0.1, 0.15) is 0 Å². The van der Waals surface area contributed by atoms with Crippen molar-refractivity contribution in [1.29, 1.82) is 0 Å². The van der Waals surface area contributed by atoms with E-state index >= 15 is 0 Å². The van der Waals surface area contributed by atoms with Crippen molar-refractivity contribution in [2.75, 3.05) is 26.4 Å². The first-order chi connectivity index (χ1) is 17.0. The standard InChI is InChI=1S/C26H54O4S.C2H7NO/c1-3-5-7-9-11-13-15-17-19-21-23-25-29-31(27,28)30-26-24-22-20-18-16-14-12-10-8-6-4-2;3-1-2-4/h3-26H2,1-2H3;4H,1-3H2. The third-order valence-electron chi connectivity index (χ3n) is 6.08. The number of aliphatic hydroxyl groups excluding tert-OH is 1. The van der Waals surface area contributed by atoms with Crippen molar-refractivity contribution < 1.29 is 21.9 Å². The van der Waals surface area contributed by atoms with Crippen LogP contribution in [0.4, 0.5) is 0 Å². The van der Waals surface area contributed by atoms with E-state index in [0.29, 0.717) is 6.54 Å². The lowest BCUT2D eigenvalue weighted by Crippen LogP contribution is -2.12. The zero-order valence-corrected chi connectivity index (χ0v) is 24.3. The van der Waals surface area contributed by atoms with Crippen molar-refractivity contribution in [2.45, 2.75) is 155 Å². The van der Waals surface area contributed by atoms with Crippen LogP contribution in [0.5, 0.6) is 0 Å². The molecule has 7 heteroatoms. The summed E-state index contributed by atoms with van der Waals surface area (Å²) < 4.78 is 33.4. The van der Waals surface area contributed by atoms with Gasteiger partial charge in [-0.2, -0.15) is 8.42 Å². The van der Waals surface area contributed by atoms with Crippen LogP contribution in [0.25, 0.3) is 0 Å². The van der Waals surface area contributed by atoms with E-state index in [1.165, 1.54) is 103 Å². The Kier molecular flexibility index (Phi) is 33.6. The first-order valence-corrected chi connectivity index (χ1v) is 16.2. The van der Waals surface area contributed by atoms with Crippen LogP contribution in [0.3, 0.4) is 0 Å². The smallest absolute Gasteiger partial charge is 0.395 e. The maximum atomic E-state index is 11.8. The summed E-state index contributed by atoms with van der Waals surface area (Å²) in [5, 5.41) is 7.75. The minimum absolute atomic E-state index is 0.0972. The quantitative estimate of drug-likeness (QED) is 0.106. The molecule has 0 radical (unpaired) electrons. The molecule has 3 N–H and O–H groups in total. The Morgan fingerprint density at radius 1 is 0.514 bits per heavy atom. The van der Waals surface area contributed by atoms with Crippen LogP contribution >= 0.6 is 0 Å². The number of hydrogen-bond donors (Lipinski definition) is 2. The fraction of sp³-hybridized carbons (Fsp3) is 1.00. The molecule has 0 saturated heterocycles. The monoisotopic (exact) mass is 523 g/mol. The largest absolute Gasteiger partial charge is 0.399 e. The minimum atomic E-state index is -3.81. The van der Waals surface area contributed by atoms with Gasteiger partial charge in [0.15, 0.2) is 0 Å². The zero-order chi connectivity index (χ0) is 26.3. The molecule has 0 amide bonds. The molecule has 0 bridgehead atoms. The Labute approximate surface area is 219 Å². The molecular weight excluding hydrogens is 462 g/mol. The van der Waals surface area contributed by atoms with Gasteiger partial charge < -0.3 is 10.8 Å². The van der Waals surface area contributed by atoms with Crippen LogP contribution < -0.4 is 5.73 Å². The lowest BCUT2D eigenvalue weighted by atomic mass is 10.1. The molecule has 214 valence electrons. The van der Waals surface area contributed by atoms with E-state index in [-0.39, 0.29) is 19.8 Å². The van der Waals surface area contributed by atoms with Gasteiger partial charge in [0, 0.05) is 6.54 Å². The second-order valence-electron chi connectivity index (χ2n) is 9.64. The van der Waals surface area contributed by atoms with Crippen molar-refractivity contribution in [1.82, 2.24) is 0 Å². The third-order valence-corrected chi connectivity index (χ3v) is 6.99. The highest BCUT2D eigenvalue weighted by molar-refractivity contribution is 7.81. The van der Waals surface area contributed by atoms with Crippen LogP contribution in [-0.2, 0) is 18.8 Å². The molecule has 0 aliphatic rings. The first kappa shape index (κ1) is 36.9. The molecule has 0 aromatic heterocycles. The molecule has 0 fully saturated rings. The van der Waals surface area contributed by atoms with Crippen LogP contribution in [0, 0.1) is 0 Å². The van der Waals surface area contributed by atoms with E-state index in [1.807, 2.05) is 0 Å². The molecule has 35 heavy (non-hydrogen) atoms. The maximum Gasteiger partial charge on any atom is 0.399 e. The molecule has 0 saturated carbocycles. The van der Waals surface area contributed by atoms with Gasteiger partial charge in [-0.25, -0.2) is 8.37 Å². The van der Waals surface area contributed by atoms with Crippen LogP contribution in [0.2, 0.25) is 0 Å². The number of aliphatic hydroxyl groups is 1. The normalized spacial score (nSPS) is 11.4. The maximum absolute atomic E-state index is 11.8. The summed E-state index contributed by atoms with van der Waals surface area (Å²) in [6.07, 6.45) is 27.3. The fourth-order valence-electron chi connectivity index (χ4n) is 3.89. The zero-order valence-electron chi connectivity index (χ0n) is 23.5. The summed E-state index contributed by atoms with van der Waals surface area (Å²) in [7, 11) is -3.81. The predicted molar refractivity (Wildman–Crippen MR) is 150 cm³/mol. The van der Waals surface area contributed by atoms with Gasteiger partial charge >= 0.3 is 10.4 Å². The van der Waals surface area contributed by atoms with E-state index in [0.717, 1.165) is 38.5 Å². The van der Waals surface area contributed by atoms with Crippen molar-refractivity contribution in [3.05, 3.63) is 0 Å². The highest BCUT2D eigenvalue weighted by Crippen LogP contribution is 2.13. The van der Waals surface area contributed by atoms with E-state index in [4.69, 9.17) is 19.2 Å². The molecule has 0 rings (SSSR count). The number of nitrogens with two attached hydrogens (primary N) is 1. The van der Waals surface area contributed by atoms with Gasteiger partial charge in [0.2, 0.25) is 0 Å². The Morgan fingerprint density at radius 2 is 0.743 bits per heavy atom. The lowest BCUT2D eigenvalue weighted by molar-refractivity contribution is 0.208. The molecule has 0 aromatic rings. The summed E-state index contributed by atoms with van der Waals surface area (Å²) in [4.78, 5) is 0. The molecule has 0 atom stereocenters. The molecule has 6 nitrogen and oxygen atoms in total. The fourth-order valence-corrected chi connectivity index (χ4v) is 4.60. The van der Waals surface area contributed by atoms with Gasteiger partial charge in [0.05, 0.1) is 19.8 Å². The Hall–Kier alpha value is -0.210.